The second-order valence-corrected chi connectivity index (χ2v) is 4.38. The standard InChI is InChI=1S/C16H17O/c1-13(2)15-10-6-7-11-16(15)17-12-14-8-4-3-5-9-14/h3-10,13H,12H2,1-2H3. The van der Waals surface area contributed by atoms with Crippen LogP contribution < -0.4 is 4.74 Å². The SMILES string of the molecule is CC(C)c1ccc[c]c1OCc1ccccc1. The summed E-state index contributed by atoms with van der Waals surface area (Å²) in [7, 11) is 0. The number of benzene rings is 2. The predicted molar refractivity (Wildman–Crippen MR) is 70.1 cm³/mol. The van der Waals surface area contributed by atoms with Crippen molar-refractivity contribution < 1.29 is 4.74 Å². The van der Waals surface area contributed by atoms with Crippen LogP contribution in [0.15, 0.2) is 48.5 Å². The summed E-state index contributed by atoms with van der Waals surface area (Å²) in [5.74, 6) is 1.32. The first-order chi connectivity index (χ1) is 8.27. The molecule has 2 rings (SSSR count). The van der Waals surface area contributed by atoms with E-state index in [0.29, 0.717) is 12.5 Å². The quantitative estimate of drug-likeness (QED) is 0.758. The van der Waals surface area contributed by atoms with Crippen molar-refractivity contribution >= 4 is 0 Å². The van der Waals surface area contributed by atoms with Crippen LogP contribution in [-0.2, 0) is 6.61 Å². The number of para-hydroxylation sites is 1. The van der Waals surface area contributed by atoms with Crippen molar-refractivity contribution in [3.8, 4) is 5.75 Å². The average Bonchev–Trinajstić information content (AvgIpc) is 2.38. The van der Waals surface area contributed by atoms with Gasteiger partial charge in [-0.2, -0.15) is 0 Å². The van der Waals surface area contributed by atoms with E-state index in [9.17, 15) is 0 Å². The molecule has 0 aliphatic heterocycles. The van der Waals surface area contributed by atoms with E-state index in [1.807, 2.05) is 30.3 Å². The van der Waals surface area contributed by atoms with Gasteiger partial charge in [0, 0.05) is 6.07 Å². The normalized spacial score (nSPS) is 10.5. The summed E-state index contributed by atoms with van der Waals surface area (Å²) in [6.07, 6.45) is 0. The molecule has 1 heteroatoms. The number of ether oxygens (including phenoxy) is 1. The van der Waals surface area contributed by atoms with Crippen LogP contribution in [0.4, 0.5) is 0 Å². The highest BCUT2D eigenvalue weighted by Gasteiger charge is 2.06. The zero-order valence-corrected chi connectivity index (χ0v) is 10.3. The Morgan fingerprint density at radius 3 is 2.53 bits per heavy atom. The third-order valence-corrected chi connectivity index (χ3v) is 2.70. The molecule has 0 unspecified atom stereocenters. The summed E-state index contributed by atoms with van der Waals surface area (Å²) in [5, 5.41) is 0. The fraction of sp³-hybridized carbons (Fsp3) is 0.250. The van der Waals surface area contributed by atoms with Crippen molar-refractivity contribution in [2.24, 2.45) is 0 Å². The Morgan fingerprint density at radius 2 is 1.82 bits per heavy atom. The van der Waals surface area contributed by atoms with Gasteiger partial charge in [-0.3, -0.25) is 0 Å². The largest absolute Gasteiger partial charge is 0.488 e. The van der Waals surface area contributed by atoms with Gasteiger partial charge >= 0.3 is 0 Å². The van der Waals surface area contributed by atoms with Crippen LogP contribution in [0.25, 0.3) is 0 Å². The summed E-state index contributed by atoms with van der Waals surface area (Å²) in [5.41, 5.74) is 2.39. The van der Waals surface area contributed by atoms with Crippen molar-refractivity contribution in [1.82, 2.24) is 0 Å². The second kappa shape index (κ2) is 5.53. The molecule has 0 saturated heterocycles. The van der Waals surface area contributed by atoms with Crippen molar-refractivity contribution in [3.05, 3.63) is 65.7 Å². The molecule has 0 aliphatic rings. The van der Waals surface area contributed by atoms with Gasteiger partial charge in [0.1, 0.15) is 12.4 Å². The molecular weight excluding hydrogens is 208 g/mol. The van der Waals surface area contributed by atoms with E-state index in [1.165, 1.54) is 11.1 Å². The summed E-state index contributed by atoms with van der Waals surface area (Å²) < 4.78 is 5.83. The molecule has 2 aromatic carbocycles. The molecule has 17 heavy (non-hydrogen) atoms. The number of rotatable bonds is 4. The van der Waals surface area contributed by atoms with Gasteiger partial charge in [0.25, 0.3) is 0 Å². The minimum atomic E-state index is 0.457. The molecular formula is C16H17O. The maximum absolute atomic E-state index is 5.83. The van der Waals surface area contributed by atoms with Gasteiger partial charge < -0.3 is 4.74 Å². The van der Waals surface area contributed by atoms with E-state index in [0.717, 1.165) is 5.75 Å². The van der Waals surface area contributed by atoms with Gasteiger partial charge in [-0.1, -0.05) is 62.4 Å². The molecule has 0 amide bonds. The molecule has 0 aliphatic carbocycles. The third-order valence-electron chi connectivity index (χ3n) is 2.70. The highest BCUT2D eigenvalue weighted by molar-refractivity contribution is 5.34. The van der Waals surface area contributed by atoms with E-state index in [1.54, 1.807) is 0 Å². The van der Waals surface area contributed by atoms with Gasteiger partial charge in [-0.25, -0.2) is 0 Å². The summed E-state index contributed by atoms with van der Waals surface area (Å²) in [4.78, 5) is 0. The van der Waals surface area contributed by atoms with Crippen LogP contribution in [0.1, 0.15) is 30.9 Å². The van der Waals surface area contributed by atoms with Gasteiger partial charge in [0.2, 0.25) is 0 Å². The van der Waals surface area contributed by atoms with Crippen molar-refractivity contribution in [2.75, 3.05) is 0 Å². The first-order valence-electron chi connectivity index (χ1n) is 5.94. The van der Waals surface area contributed by atoms with Crippen molar-refractivity contribution in [2.45, 2.75) is 26.4 Å². The Hall–Kier alpha value is -1.76. The van der Waals surface area contributed by atoms with Gasteiger partial charge in [0.05, 0.1) is 0 Å². The fourth-order valence-corrected chi connectivity index (χ4v) is 1.74. The fourth-order valence-electron chi connectivity index (χ4n) is 1.74. The molecule has 0 fully saturated rings. The minimum absolute atomic E-state index is 0.457. The van der Waals surface area contributed by atoms with Crippen molar-refractivity contribution in [3.63, 3.8) is 0 Å². The van der Waals surface area contributed by atoms with E-state index < -0.39 is 0 Å². The van der Waals surface area contributed by atoms with E-state index >= 15 is 0 Å². The van der Waals surface area contributed by atoms with Gasteiger partial charge in [-0.05, 0) is 17.0 Å². The van der Waals surface area contributed by atoms with Crippen molar-refractivity contribution in [1.29, 1.82) is 0 Å². The van der Waals surface area contributed by atoms with Gasteiger partial charge in [-0.15, -0.1) is 0 Å². The maximum atomic E-state index is 5.83. The Balaban J connectivity index is 2.09. The molecule has 2 aromatic rings. The lowest BCUT2D eigenvalue weighted by atomic mass is 10.0. The van der Waals surface area contributed by atoms with Crippen LogP contribution in [0, 0.1) is 6.07 Å². The molecule has 0 bridgehead atoms. The molecule has 0 heterocycles. The smallest absolute Gasteiger partial charge is 0.131 e. The Bertz CT molecular complexity index is 460. The van der Waals surface area contributed by atoms with Crippen LogP contribution in [0.3, 0.4) is 0 Å². The third kappa shape index (κ3) is 3.10. The summed E-state index contributed by atoms with van der Waals surface area (Å²) >= 11 is 0. The Labute approximate surface area is 103 Å². The van der Waals surface area contributed by atoms with Crippen LogP contribution in [0.5, 0.6) is 5.75 Å². The number of hydrogen-bond acceptors (Lipinski definition) is 1. The topological polar surface area (TPSA) is 9.23 Å². The average molecular weight is 225 g/mol. The molecule has 0 atom stereocenters. The maximum Gasteiger partial charge on any atom is 0.131 e. The zero-order chi connectivity index (χ0) is 12.1. The second-order valence-electron chi connectivity index (χ2n) is 4.38. The molecule has 1 radical (unpaired) electrons. The summed E-state index contributed by atoms with van der Waals surface area (Å²) in [6.45, 7) is 4.93. The molecule has 87 valence electrons. The lowest BCUT2D eigenvalue weighted by molar-refractivity contribution is 0.301. The molecule has 0 saturated carbocycles. The first-order valence-corrected chi connectivity index (χ1v) is 5.94. The molecule has 0 N–H and O–H groups in total. The van der Waals surface area contributed by atoms with Crippen LogP contribution >= 0.6 is 0 Å². The highest BCUT2D eigenvalue weighted by Crippen LogP contribution is 2.25. The Morgan fingerprint density at radius 1 is 1.06 bits per heavy atom. The lowest BCUT2D eigenvalue weighted by Gasteiger charge is -2.13. The highest BCUT2D eigenvalue weighted by atomic mass is 16.5. The monoisotopic (exact) mass is 225 g/mol. The zero-order valence-electron chi connectivity index (χ0n) is 10.3. The number of hydrogen-bond donors (Lipinski definition) is 0. The minimum Gasteiger partial charge on any atom is -0.488 e. The van der Waals surface area contributed by atoms with Gasteiger partial charge in [0.15, 0.2) is 0 Å². The van der Waals surface area contributed by atoms with E-state index in [2.05, 4.69) is 38.1 Å². The first kappa shape index (κ1) is 11.7. The van der Waals surface area contributed by atoms with E-state index in [4.69, 9.17) is 4.74 Å². The predicted octanol–water partition coefficient (Wildman–Crippen LogP) is 4.19. The van der Waals surface area contributed by atoms with E-state index in [-0.39, 0.29) is 0 Å². The van der Waals surface area contributed by atoms with Crippen LogP contribution in [-0.4, -0.2) is 0 Å². The Kier molecular flexibility index (Phi) is 3.81. The summed E-state index contributed by atoms with van der Waals surface area (Å²) in [6, 6.07) is 19.4. The lowest BCUT2D eigenvalue weighted by Crippen LogP contribution is -1.99. The molecule has 0 spiro atoms. The van der Waals surface area contributed by atoms with Crippen LogP contribution in [0.2, 0.25) is 0 Å². The molecule has 1 nitrogen and oxygen atoms in total. The molecule has 0 aromatic heterocycles.